The lowest BCUT2D eigenvalue weighted by molar-refractivity contribution is -0.138. The second-order valence-electron chi connectivity index (χ2n) is 33.4. The van der Waals surface area contributed by atoms with Gasteiger partial charge in [-0.15, -0.1) is 0 Å². The zero-order valence-electron chi connectivity index (χ0n) is 73.0. The van der Waals surface area contributed by atoms with Crippen molar-refractivity contribution in [3.63, 3.8) is 0 Å². The van der Waals surface area contributed by atoms with Crippen molar-refractivity contribution < 1.29 is 91.4 Å². The Labute approximate surface area is 733 Å². The van der Waals surface area contributed by atoms with Crippen LogP contribution in [0.1, 0.15) is 201 Å². The van der Waals surface area contributed by atoms with Crippen LogP contribution in [0, 0.1) is 29.6 Å². The lowest BCUT2D eigenvalue weighted by Gasteiger charge is -2.29. The summed E-state index contributed by atoms with van der Waals surface area (Å²) in [5.41, 5.74) is 39.2. The fourth-order valence-corrected chi connectivity index (χ4v) is 15.8. The highest BCUT2D eigenvalue weighted by Crippen LogP contribution is 2.30. The van der Waals surface area contributed by atoms with Gasteiger partial charge in [0, 0.05) is 82.6 Å². The zero-order chi connectivity index (χ0) is 93.3. The second kappa shape index (κ2) is 54.1. The van der Waals surface area contributed by atoms with Crippen LogP contribution in [0.25, 0.3) is 0 Å². The van der Waals surface area contributed by atoms with Gasteiger partial charge in [0.05, 0.1) is 49.1 Å². The average molecular weight is 1780 g/mol. The molecule has 0 aromatic heterocycles. The van der Waals surface area contributed by atoms with Gasteiger partial charge in [0.2, 0.25) is 100 Å². The first-order chi connectivity index (χ1) is 59.7. The molecule has 4 fully saturated rings. The van der Waals surface area contributed by atoms with E-state index < -0.39 is 235 Å². The highest BCUT2D eigenvalue weighted by molar-refractivity contribution is 5.99. The average Bonchev–Trinajstić information content (AvgIpc) is 1.61. The molecule has 126 heavy (non-hydrogen) atoms. The van der Waals surface area contributed by atoms with Gasteiger partial charge in [0.25, 0.3) is 0 Å². The van der Waals surface area contributed by atoms with Crippen LogP contribution in [0.3, 0.4) is 0 Å². The number of nitrogens with two attached hydrogens (primary N) is 7. The lowest BCUT2D eigenvalue weighted by atomic mass is 9.97. The molecule has 17 amide bonds. The number of carboxylic acids is 1. The van der Waals surface area contributed by atoms with Crippen LogP contribution >= 0.6 is 0 Å². The smallest absolute Gasteiger partial charge is 0.305 e. The molecule has 1 heterocycles. The zero-order valence-corrected chi connectivity index (χ0v) is 73.0. The van der Waals surface area contributed by atoms with E-state index in [4.69, 9.17) is 40.1 Å². The third-order valence-electron chi connectivity index (χ3n) is 22.4. The molecule has 1 aromatic rings. The van der Waals surface area contributed by atoms with Crippen LogP contribution in [0.5, 0.6) is 0 Å². The summed E-state index contributed by atoms with van der Waals surface area (Å²) in [6.45, 7) is 10.2. The standard InChI is InChI=1S/C82H135N25O19/c1-7-8-21-48(36-65(110)93-42-67(112)97-49(38-68(113)114)37-66(111)94-44(4)70(116)105-61(35-47-19-10-9-11-20-47)79(125)107-62(39-64(84)109)80(126)102-57(69(85)115)29-17-32-91-81(86)87)98-76(122)58(25-12-13-31-83)103-73(119)51-23-15-28-56(51)101-78(124)60(34-43(2)3)106-74(120)52-24-16-27-55(52)100-77(123)59(30-18-33-92-82(88)89)104-72(118)50-22-14-26-54(50)99-71(117)45(5)95-75(121)53-40-90-41-63(53)96-46(6)108/h9-11,19-20,43-45,48-63,90H,7-8,12-18,21-42,83H2,1-6H3,(H2,84,109)(H2,85,115)(H,93,110)(H,94,111)(H,95,121)(H,96,108)(H,97,112)(H,98,122)(H,99,117)(H,100,123)(H,101,124)(H,102,126)(H,103,119)(H,104,118)(H,105,116)(H,106,120)(H,107,125)(H,113,114)(H4,86,87,91)(H4,88,89,92)/t44-,45-,48-,49+,50-,51-,52-,53-,54-,55-,56-,57-,58-,59-,60-,61-,62-,63-/m0/s1. The summed E-state index contributed by atoms with van der Waals surface area (Å²) < 4.78 is 0. The minimum atomic E-state index is -1.68. The van der Waals surface area contributed by atoms with E-state index >= 15 is 0 Å². The number of nitrogens with zero attached hydrogens (tertiary/aromatic N) is 2. The molecule has 702 valence electrons. The van der Waals surface area contributed by atoms with Crippen molar-refractivity contribution in [1.82, 2.24) is 85.1 Å². The molecule has 0 bridgehead atoms. The fourth-order valence-electron chi connectivity index (χ4n) is 15.8. The van der Waals surface area contributed by atoms with Gasteiger partial charge >= 0.3 is 5.97 Å². The number of aliphatic imine (C=N–C) groups is 2. The summed E-state index contributed by atoms with van der Waals surface area (Å²) in [7, 11) is 0. The molecule has 44 nitrogen and oxygen atoms in total. The third-order valence-corrected chi connectivity index (χ3v) is 22.4. The van der Waals surface area contributed by atoms with Gasteiger partial charge in [0.1, 0.15) is 48.3 Å². The number of aliphatic carboxylic acids is 1. The Bertz CT molecular complexity index is 3960. The first-order valence-corrected chi connectivity index (χ1v) is 43.6. The van der Waals surface area contributed by atoms with E-state index in [1.807, 2.05) is 20.8 Å². The first-order valence-electron chi connectivity index (χ1n) is 43.6. The quantitative estimate of drug-likeness (QED) is 0.0164. The molecular weight excluding hydrogens is 1640 g/mol. The summed E-state index contributed by atoms with van der Waals surface area (Å²) in [6, 6.07) is -6.73. The predicted molar refractivity (Wildman–Crippen MR) is 462 cm³/mol. The molecule has 44 heteroatoms. The van der Waals surface area contributed by atoms with Crippen molar-refractivity contribution in [3.8, 4) is 0 Å². The van der Waals surface area contributed by atoms with Crippen LogP contribution in [0.4, 0.5) is 0 Å². The van der Waals surface area contributed by atoms with Crippen molar-refractivity contribution in [2.24, 2.45) is 79.7 Å². The van der Waals surface area contributed by atoms with Crippen molar-refractivity contribution in [2.75, 3.05) is 39.3 Å². The molecule has 0 spiro atoms. The summed E-state index contributed by atoms with van der Waals surface area (Å²) in [6.07, 6.45) is 4.31. The first kappa shape index (κ1) is 105. The maximum atomic E-state index is 14.5. The molecule has 5 rings (SSSR count). The Morgan fingerprint density at radius 1 is 0.437 bits per heavy atom. The van der Waals surface area contributed by atoms with E-state index in [0.717, 1.165) is 0 Å². The summed E-state index contributed by atoms with van der Waals surface area (Å²) in [4.78, 5) is 251. The molecule has 0 unspecified atom stereocenters. The largest absolute Gasteiger partial charge is 0.481 e. The van der Waals surface area contributed by atoms with Crippen molar-refractivity contribution >= 4 is 118 Å². The number of hydrogen-bond donors (Lipinski definition) is 24. The van der Waals surface area contributed by atoms with Crippen LogP contribution in [0.2, 0.25) is 0 Å². The number of amides is 17. The van der Waals surface area contributed by atoms with Crippen molar-refractivity contribution in [3.05, 3.63) is 35.9 Å². The van der Waals surface area contributed by atoms with Gasteiger partial charge in [-0.3, -0.25) is 96.3 Å². The minimum absolute atomic E-state index is 0.0342. The third kappa shape index (κ3) is 37.5. The van der Waals surface area contributed by atoms with Gasteiger partial charge < -0.3 is 130 Å². The normalized spacial score (nSPS) is 20.5. The van der Waals surface area contributed by atoms with Crippen molar-refractivity contribution in [1.29, 1.82) is 0 Å². The number of guanidine groups is 2. The van der Waals surface area contributed by atoms with E-state index in [0.29, 0.717) is 102 Å². The fraction of sp³-hybridized carbons (Fsp3) is 0.683. The molecule has 3 aliphatic carbocycles. The van der Waals surface area contributed by atoms with Crippen LogP contribution < -0.4 is 125 Å². The molecular formula is C82H135N25O19. The Balaban J connectivity index is 1.17. The molecule has 1 saturated heterocycles. The minimum Gasteiger partial charge on any atom is -0.481 e. The summed E-state index contributed by atoms with van der Waals surface area (Å²) in [5.74, 6) is -16.9. The number of primary amides is 2. The Morgan fingerprint density at radius 3 is 1.44 bits per heavy atom. The number of carbonyl (C=O) groups is 18. The predicted octanol–water partition coefficient (Wildman–Crippen LogP) is -6.10. The van der Waals surface area contributed by atoms with Crippen LogP contribution in [0.15, 0.2) is 40.3 Å². The number of carboxylic acid groups (broad SMARTS) is 1. The van der Waals surface area contributed by atoms with E-state index in [-0.39, 0.29) is 101 Å². The molecule has 3 saturated carbocycles. The Kier molecular flexibility index (Phi) is 45.0. The van der Waals surface area contributed by atoms with E-state index in [1.54, 1.807) is 30.3 Å². The van der Waals surface area contributed by atoms with E-state index in [1.165, 1.54) is 20.8 Å². The Hall–Kier alpha value is -11.9. The second-order valence-corrected chi connectivity index (χ2v) is 33.4. The lowest BCUT2D eigenvalue weighted by Crippen LogP contribution is -2.59. The Morgan fingerprint density at radius 2 is 0.921 bits per heavy atom. The molecule has 18 atom stereocenters. The topological polar surface area (TPSA) is 727 Å². The van der Waals surface area contributed by atoms with Gasteiger partial charge in [-0.25, -0.2) is 0 Å². The molecule has 31 N–H and O–H groups in total. The number of unbranched alkanes of at least 4 members (excludes halogenated alkanes) is 2. The number of nitrogens with one attached hydrogen (secondary N) is 16. The molecule has 1 aliphatic heterocycles. The van der Waals surface area contributed by atoms with E-state index in [2.05, 4.69) is 95.1 Å². The maximum absolute atomic E-state index is 14.5. The van der Waals surface area contributed by atoms with Gasteiger partial charge in [-0.05, 0) is 128 Å². The number of carbonyl (C=O) groups excluding carboxylic acids is 17. The highest BCUT2D eigenvalue weighted by Gasteiger charge is 2.44. The highest BCUT2D eigenvalue weighted by atomic mass is 16.4. The van der Waals surface area contributed by atoms with Gasteiger partial charge in [0.15, 0.2) is 11.9 Å². The number of hydrogen-bond acceptors (Lipinski definition) is 22. The van der Waals surface area contributed by atoms with Crippen molar-refractivity contribution in [2.45, 2.75) is 287 Å². The number of benzene rings is 1. The monoisotopic (exact) mass is 1770 g/mol. The van der Waals surface area contributed by atoms with Crippen LogP contribution in [-0.4, -0.2) is 247 Å². The van der Waals surface area contributed by atoms with Gasteiger partial charge in [-0.2, -0.15) is 0 Å². The summed E-state index contributed by atoms with van der Waals surface area (Å²) >= 11 is 0. The summed E-state index contributed by atoms with van der Waals surface area (Å²) in [5, 5.41) is 53.5. The number of rotatable bonds is 55. The van der Waals surface area contributed by atoms with E-state index in [9.17, 15) is 91.4 Å². The van der Waals surface area contributed by atoms with Gasteiger partial charge in [-0.1, -0.05) is 83.2 Å². The molecule has 4 aliphatic rings. The maximum Gasteiger partial charge on any atom is 0.305 e. The molecule has 1 aromatic carbocycles. The SMILES string of the molecule is CCCC[C@@H](CC(=O)NCC(=O)N[C@@H](CC(=O)O)CC(=O)N[C@@H](C)C(=O)N[C@@H](Cc1ccccc1)C(=O)N[C@@H](CC(N)=O)C(=O)N[C@@H](CCCN=C(N)N)C(N)=O)NC(=O)[C@H](CCCCN)NC(=O)[C@H]1CCC[C@@H]1NC(=O)[C@H](CC(C)C)NC(=O)[C@H]1CCC[C@@H]1NC(=O)[C@H](CCCN=C(N)N)NC(=O)[C@H]1CCC[C@@H]1NC(=O)[C@H](C)NC(=O)[C@H]1CNC[C@@H]1NC(C)=O. The molecule has 0 radical (unpaired) electrons. The van der Waals surface area contributed by atoms with Crippen LogP contribution in [-0.2, 0) is 92.7 Å².